The van der Waals surface area contributed by atoms with Gasteiger partial charge < -0.3 is 4.57 Å². The number of nitrogens with zero attached hydrogens (tertiary/aromatic N) is 1. The van der Waals surface area contributed by atoms with Crippen molar-refractivity contribution in [1.29, 1.82) is 0 Å². The Morgan fingerprint density at radius 1 is 1.73 bits per heavy atom. The van der Waals surface area contributed by atoms with Crippen molar-refractivity contribution in [3.05, 3.63) is 18.0 Å². The van der Waals surface area contributed by atoms with Crippen LogP contribution in [0.15, 0.2) is 12.3 Å². The summed E-state index contributed by atoms with van der Waals surface area (Å²) >= 11 is 5.34. The SMILES string of the molecule is CC(=O)c1cc(NCl)cn1C. The van der Waals surface area contributed by atoms with Crippen molar-refractivity contribution in [1.82, 2.24) is 4.57 Å². The number of rotatable bonds is 2. The van der Waals surface area contributed by atoms with Crippen LogP contribution in [0.25, 0.3) is 0 Å². The summed E-state index contributed by atoms with van der Waals surface area (Å²) in [6.45, 7) is 1.52. The molecule has 1 aromatic rings. The zero-order chi connectivity index (χ0) is 8.43. The van der Waals surface area contributed by atoms with Gasteiger partial charge in [-0.1, -0.05) is 0 Å². The Morgan fingerprint density at radius 2 is 2.36 bits per heavy atom. The van der Waals surface area contributed by atoms with Gasteiger partial charge in [-0.15, -0.1) is 0 Å². The molecule has 60 valence electrons. The Kier molecular flexibility index (Phi) is 2.19. The van der Waals surface area contributed by atoms with Crippen molar-refractivity contribution in [2.24, 2.45) is 7.05 Å². The summed E-state index contributed by atoms with van der Waals surface area (Å²) in [5.41, 5.74) is 1.38. The number of anilines is 1. The normalized spacial score (nSPS) is 9.73. The summed E-state index contributed by atoms with van der Waals surface area (Å²) in [6, 6.07) is 1.70. The zero-order valence-corrected chi connectivity index (χ0v) is 7.14. The summed E-state index contributed by atoms with van der Waals surface area (Å²) in [4.78, 5) is 13.3. The number of hydrogen-bond donors (Lipinski definition) is 1. The highest BCUT2D eigenvalue weighted by molar-refractivity contribution is 6.24. The number of aromatic nitrogens is 1. The molecule has 3 nitrogen and oxygen atoms in total. The van der Waals surface area contributed by atoms with Gasteiger partial charge in [0.05, 0.1) is 11.4 Å². The molecule has 0 saturated heterocycles. The molecule has 0 fully saturated rings. The molecule has 4 heteroatoms. The molecule has 0 aliphatic heterocycles. The van der Waals surface area contributed by atoms with E-state index in [4.69, 9.17) is 11.8 Å². The van der Waals surface area contributed by atoms with Gasteiger partial charge in [0.1, 0.15) is 0 Å². The van der Waals surface area contributed by atoms with Gasteiger partial charge in [0, 0.05) is 31.9 Å². The van der Waals surface area contributed by atoms with Crippen molar-refractivity contribution in [2.75, 3.05) is 4.84 Å². The fourth-order valence-electron chi connectivity index (χ4n) is 0.966. The van der Waals surface area contributed by atoms with E-state index in [1.165, 1.54) is 6.92 Å². The van der Waals surface area contributed by atoms with Gasteiger partial charge in [-0.25, -0.2) is 0 Å². The monoisotopic (exact) mass is 172 g/mol. The first-order valence-corrected chi connectivity index (χ1v) is 3.57. The minimum Gasteiger partial charge on any atom is -0.346 e. The third-order valence-electron chi connectivity index (χ3n) is 1.47. The van der Waals surface area contributed by atoms with Crippen molar-refractivity contribution < 1.29 is 4.79 Å². The number of halogens is 1. The van der Waals surface area contributed by atoms with E-state index in [2.05, 4.69) is 4.84 Å². The molecule has 0 unspecified atom stereocenters. The van der Waals surface area contributed by atoms with Crippen LogP contribution in [-0.4, -0.2) is 10.4 Å². The second-order valence-electron chi connectivity index (χ2n) is 2.38. The third kappa shape index (κ3) is 1.54. The second-order valence-corrected chi connectivity index (χ2v) is 2.56. The van der Waals surface area contributed by atoms with E-state index >= 15 is 0 Å². The molecule has 11 heavy (non-hydrogen) atoms. The number of carbonyl (C=O) groups is 1. The first-order valence-electron chi connectivity index (χ1n) is 3.19. The third-order valence-corrected chi connectivity index (χ3v) is 1.69. The van der Waals surface area contributed by atoms with Crippen LogP contribution in [0, 0.1) is 0 Å². The van der Waals surface area contributed by atoms with Crippen LogP contribution < -0.4 is 4.84 Å². The minimum absolute atomic E-state index is 0.0330. The van der Waals surface area contributed by atoms with E-state index in [1.54, 1.807) is 23.9 Å². The number of carbonyl (C=O) groups excluding carboxylic acids is 1. The maximum Gasteiger partial charge on any atom is 0.176 e. The number of nitrogens with one attached hydrogen (secondary N) is 1. The molecule has 0 atom stereocenters. The Morgan fingerprint density at radius 3 is 2.64 bits per heavy atom. The molecule has 0 radical (unpaired) electrons. The smallest absolute Gasteiger partial charge is 0.176 e. The van der Waals surface area contributed by atoms with E-state index in [0.717, 1.165) is 5.69 Å². The molecule has 0 amide bonds. The molecule has 1 N–H and O–H groups in total. The predicted octanol–water partition coefficient (Wildman–Crippen LogP) is 1.79. The lowest BCUT2D eigenvalue weighted by molar-refractivity contribution is 0.101. The molecule has 1 aromatic heterocycles. The number of Topliss-reactive ketones (excluding diaryl/α,β-unsaturated/α-hetero) is 1. The number of hydrogen-bond acceptors (Lipinski definition) is 2. The summed E-state index contributed by atoms with van der Waals surface area (Å²) in [7, 11) is 1.80. The van der Waals surface area contributed by atoms with Crippen molar-refractivity contribution in [3.63, 3.8) is 0 Å². The molecule has 0 aliphatic rings. The van der Waals surface area contributed by atoms with Crippen molar-refractivity contribution in [2.45, 2.75) is 6.92 Å². The molecular formula is C7H9ClN2O. The van der Waals surface area contributed by atoms with Gasteiger partial charge in [0.25, 0.3) is 0 Å². The molecule has 0 spiro atoms. The summed E-state index contributed by atoms with van der Waals surface area (Å²) in [5.74, 6) is 0.0330. The molecular weight excluding hydrogens is 164 g/mol. The maximum absolute atomic E-state index is 10.9. The van der Waals surface area contributed by atoms with E-state index in [-0.39, 0.29) is 5.78 Å². The lowest BCUT2D eigenvalue weighted by atomic mass is 10.3. The first-order chi connectivity index (χ1) is 5.15. The van der Waals surface area contributed by atoms with Gasteiger partial charge in [-0.2, -0.15) is 0 Å². The predicted molar refractivity (Wildman–Crippen MR) is 44.9 cm³/mol. The van der Waals surface area contributed by atoms with Crippen LogP contribution in [0.2, 0.25) is 0 Å². The summed E-state index contributed by atoms with van der Waals surface area (Å²) in [5, 5.41) is 0. The highest BCUT2D eigenvalue weighted by Crippen LogP contribution is 2.13. The second kappa shape index (κ2) is 2.96. The van der Waals surface area contributed by atoms with Crippen molar-refractivity contribution in [3.8, 4) is 0 Å². The van der Waals surface area contributed by atoms with E-state index in [0.29, 0.717) is 5.69 Å². The summed E-state index contributed by atoms with van der Waals surface area (Å²) < 4.78 is 1.73. The Labute approximate surface area is 70.1 Å². The van der Waals surface area contributed by atoms with E-state index in [9.17, 15) is 4.79 Å². The highest BCUT2D eigenvalue weighted by Gasteiger charge is 2.05. The van der Waals surface area contributed by atoms with Crippen LogP contribution in [-0.2, 0) is 7.05 Å². The van der Waals surface area contributed by atoms with Crippen molar-refractivity contribution >= 4 is 23.2 Å². The molecule has 0 aliphatic carbocycles. The average molecular weight is 173 g/mol. The van der Waals surface area contributed by atoms with Gasteiger partial charge in [-0.3, -0.25) is 9.63 Å². The first kappa shape index (κ1) is 8.14. The van der Waals surface area contributed by atoms with E-state index in [1.807, 2.05) is 0 Å². The quantitative estimate of drug-likeness (QED) is 0.545. The molecule has 0 saturated carbocycles. The number of aryl methyl sites for hydroxylation is 1. The van der Waals surface area contributed by atoms with Gasteiger partial charge in [-0.05, 0) is 6.07 Å². The maximum atomic E-state index is 10.9. The highest BCUT2D eigenvalue weighted by atomic mass is 35.5. The standard InChI is InChI=1S/C7H9ClN2O/c1-5(11)7-3-6(9-8)4-10(7)2/h3-4,9H,1-2H3. The van der Waals surface area contributed by atoms with Crippen LogP contribution in [0.5, 0.6) is 0 Å². The van der Waals surface area contributed by atoms with Crippen LogP contribution in [0.4, 0.5) is 5.69 Å². The minimum atomic E-state index is 0.0330. The lowest BCUT2D eigenvalue weighted by Gasteiger charge is -1.94. The fourth-order valence-corrected chi connectivity index (χ4v) is 1.07. The summed E-state index contributed by atoms with van der Waals surface area (Å²) in [6.07, 6.45) is 1.75. The van der Waals surface area contributed by atoms with Crippen LogP contribution in [0.1, 0.15) is 17.4 Å². The Hall–Kier alpha value is -0.960. The molecule has 0 aromatic carbocycles. The molecule has 0 bridgehead atoms. The van der Waals surface area contributed by atoms with Gasteiger partial charge in [0.2, 0.25) is 0 Å². The average Bonchev–Trinajstić information content (AvgIpc) is 2.30. The Balaban J connectivity index is 3.07. The molecule has 1 heterocycles. The van der Waals surface area contributed by atoms with Crippen LogP contribution >= 0.6 is 11.8 Å². The van der Waals surface area contributed by atoms with Gasteiger partial charge in [0.15, 0.2) is 5.78 Å². The number of ketones is 1. The van der Waals surface area contributed by atoms with Gasteiger partial charge >= 0.3 is 0 Å². The fraction of sp³-hybridized carbons (Fsp3) is 0.286. The topological polar surface area (TPSA) is 34.0 Å². The largest absolute Gasteiger partial charge is 0.346 e. The zero-order valence-electron chi connectivity index (χ0n) is 6.39. The van der Waals surface area contributed by atoms with Crippen LogP contribution in [0.3, 0.4) is 0 Å². The lowest BCUT2D eigenvalue weighted by Crippen LogP contribution is -1.99. The Bertz CT molecular complexity index is 280. The van der Waals surface area contributed by atoms with E-state index < -0.39 is 0 Å². The molecule has 1 rings (SSSR count).